The Hall–Kier alpha value is -1.64. The molecule has 0 spiro atoms. The van der Waals surface area contributed by atoms with Crippen molar-refractivity contribution in [2.75, 3.05) is 20.2 Å². The van der Waals surface area contributed by atoms with E-state index in [1.807, 2.05) is 0 Å². The first-order chi connectivity index (χ1) is 11.2. The van der Waals surface area contributed by atoms with Crippen molar-refractivity contribution in [2.45, 2.75) is 18.2 Å². The van der Waals surface area contributed by atoms with Gasteiger partial charge in [-0.2, -0.15) is 4.31 Å². The highest BCUT2D eigenvalue weighted by atomic mass is 35.5. The van der Waals surface area contributed by atoms with Crippen molar-refractivity contribution in [2.24, 2.45) is 11.8 Å². The van der Waals surface area contributed by atoms with E-state index in [-0.39, 0.29) is 34.5 Å². The zero-order valence-electron chi connectivity index (χ0n) is 13.2. The number of piperidine rings is 1. The highest BCUT2D eigenvalue weighted by molar-refractivity contribution is 7.89. The normalized spacial score (nSPS) is 22.1. The van der Waals surface area contributed by atoms with Gasteiger partial charge in [-0.05, 0) is 30.5 Å². The van der Waals surface area contributed by atoms with Crippen molar-refractivity contribution < 1.29 is 27.9 Å². The van der Waals surface area contributed by atoms with Gasteiger partial charge in [-0.3, -0.25) is 4.79 Å². The van der Waals surface area contributed by atoms with E-state index in [2.05, 4.69) is 4.74 Å². The third-order valence-electron chi connectivity index (χ3n) is 3.94. The second-order valence-corrected chi connectivity index (χ2v) is 8.17. The van der Waals surface area contributed by atoms with E-state index in [1.54, 1.807) is 6.92 Å². The average molecular weight is 376 g/mol. The van der Waals surface area contributed by atoms with Crippen LogP contribution in [0.1, 0.15) is 23.7 Å². The zero-order chi connectivity index (χ0) is 18.1. The topological polar surface area (TPSA) is 101 Å². The Morgan fingerprint density at radius 3 is 2.58 bits per heavy atom. The predicted octanol–water partition coefficient (Wildman–Crippen LogP) is 1.86. The lowest BCUT2D eigenvalue weighted by Crippen LogP contribution is -2.45. The van der Waals surface area contributed by atoms with Gasteiger partial charge in [0.15, 0.2) is 0 Å². The molecule has 1 heterocycles. The number of methoxy groups -OCH3 is 1. The minimum atomic E-state index is -4.05. The predicted molar refractivity (Wildman–Crippen MR) is 86.5 cm³/mol. The monoisotopic (exact) mass is 375 g/mol. The molecule has 1 fully saturated rings. The van der Waals surface area contributed by atoms with Gasteiger partial charge in [0, 0.05) is 18.1 Å². The molecule has 1 aromatic carbocycles. The summed E-state index contributed by atoms with van der Waals surface area (Å²) >= 11 is 5.85. The molecule has 0 aromatic heterocycles. The quantitative estimate of drug-likeness (QED) is 0.806. The summed E-state index contributed by atoms with van der Waals surface area (Å²) < 4.78 is 31.6. The smallest absolute Gasteiger partial charge is 0.339 e. The number of hydrogen-bond acceptors (Lipinski definition) is 5. The molecular weight excluding hydrogens is 358 g/mol. The highest BCUT2D eigenvalue weighted by Gasteiger charge is 2.37. The Kier molecular flexibility index (Phi) is 5.52. The number of rotatable bonds is 4. The number of carboxylic acids is 1. The van der Waals surface area contributed by atoms with Crippen molar-refractivity contribution in [3.8, 4) is 0 Å². The number of hydrogen-bond donors (Lipinski definition) is 1. The van der Waals surface area contributed by atoms with Gasteiger partial charge in [-0.25, -0.2) is 13.2 Å². The van der Waals surface area contributed by atoms with Gasteiger partial charge in [0.05, 0.1) is 23.5 Å². The summed E-state index contributed by atoms with van der Waals surface area (Å²) in [6.07, 6.45) is 0.409. The first-order valence-electron chi connectivity index (χ1n) is 7.27. The van der Waals surface area contributed by atoms with Gasteiger partial charge < -0.3 is 9.84 Å². The molecule has 1 aliphatic rings. The zero-order valence-corrected chi connectivity index (χ0v) is 14.8. The summed E-state index contributed by atoms with van der Waals surface area (Å²) in [6.45, 7) is 1.85. The summed E-state index contributed by atoms with van der Waals surface area (Å²) in [5, 5.41) is 9.41. The summed E-state index contributed by atoms with van der Waals surface area (Å²) in [5.74, 6) is -2.75. The number of sulfonamides is 1. The van der Waals surface area contributed by atoms with E-state index in [0.717, 1.165) is 11.4 Å². The van der Waals surface area contributed by atoms with Gasteiger partial charge in [0.25, 0.3) is 0 Å². The van der Waals surface area contributed by atoms with Crippen LogP contribution in [-0.4, -0.2) is 50.0 Å². The average Bonchev–Trinajstić information content (AvgIpc) is 2.53. The Labute approximate surface area is 145 Å². The summed E-state index contributed by atoms with van der Waals surface area (Å²) in [5.41, 5.74) is -0.171. The first kappa shape index (κ1) is 18.7. The van der Waals surface area contributed by atoms with Crippen molar-refractivity contribution >= 4 is 33.6 Å². The maximum Gasteiger partial charge on any atom is 0.339 e. The highest BCUT2D eigenvalue weighted by Crippen LogP contribution is 2.30. The van der Waals surface area contributed by atoms with Crippen LogP contribution in [0.4, 0.5) is 0 Å². The number of benzene rings is 1. The van der Waals surface area contributed by atoms with Crippen LogP contribution in [0.5, 0.6) is 0 Å². The Bertz CT molecular complexity index is 763. The van der Waals surface area contributed by atoms with Gasteiger partial charge in [0.2, 0.25) is 10.0 Å². The largest absolute Gasteiger partial charge is 0.481 e. The first-order valence-corrected chi connectivity index (χ1v) is 9.09. The fraction of sp³-hybridized carbons (Fsp3) is 0.467. The lowest BCUT2D eigenvalue weighted by molar-refractivity contribution is -0.143. The molecule has 2 atom stereocenters. The van der Waals surface area contributed by atoms with Gasteiger partial charge >= 0.3 is 11.9 Å². The molecule has 24 heavy (non-hydrogen) atoms. The van der Waals surface area contributed by atoms with Gasteiger partial charge in [0.1, 0.15) is 0 Å². The summed E-state index contributed by atoms with van der Waals surface area (Å²) in [7, 11) is -2.91. The Morgan fingerprint density at radius 1 is 1.33 bits per heavy atom. The number of esters is 1. The second kappa shape index (κ2) is 7.08. The Morgan fingerprint density at radius 2 is 2.00 bits per heavy atom. The van der Waals surface area contributed by atoms with Crippen LogP contribution in [0.25, 0.3) is 0 Å². The van der Waals surface area contributed by atoms with E-state index in [1.165, 1.54) is 18.2 Å². The SMILES string of the molecule is COC(=O)c1cc(Cl)ccc1S(=O)(=O)N1CC(C)CC(C(=O)O)C1. The number of aliphatic carboxylic acids is 1. The molecule has 1 aliphatic heterocycles. The van der Waals surface area contributed by atoms with Crippen LogP contribution in [0.15, 0.2) is 23.1 Å². The molecule has 1 saturated heterocycles. The molecule has 7 nitrogen and oxygen atoms in total. The molecule has 1 aromatic rings. The lowest BCUT2D eigenvalue weighted by Gasteiger charge is -2.34. The minimum absolute atomic E-state index is 0.108. The molecule has 0 saturated carbocycles. The van der Waals surface area contributed by atoms with Crippen LogP contribution in [0.2, 0.25) is 5.02 Å². The van der Waals surface area contributed by atoms with E-state index in [4.69, 9.17) is 11.6 Å². The second-order valence-electron chi connectivity index (χ2n) is 5.83. The number of ether oxygens (including phenoxy) is 1. The Balaban J connectivity index is 2.47. The fourth-order valence-electron chi connectivity index (χ4n) is 2.81. The summed E-state index contributed by atoms with van der Waals surface area (Å²) in [4.78, 5) is 22.9. The molecule has 0 radical (unpaired) electrons. The van der Waals surface area contributed by atoms with E-state index < -0.39 is 27.9 Å². The van der Waals surface area contributed by atoms with E-state index in [9.17, 15) is 23.1 Å². The van der Waals surface area contributed by atoms with Crippen molar-refractivity contribution in [3.63, 3.8) is 0 Å². The number of nitrogens with zero attached hydrogens (tertiary/aromatic N) is 1. The standard InChI is InChI=1S/C15H18ClNO6S/c1-9-5-10(14(18)19)8-17(7-9)24(21,22)13-4-3-11(16)6-12(13)15(20)23-2/h3-4,6,9-10H,5,7-8H2,1-2H3,(H,18,19). The molecule has 0 aliphatic carbocycles. The van der Waals surface area contributed by atoms with Crippen molar-refractivity contribution in [3.05, 3.63) is 28.8 Å². The lowest BCUT2D eigenvalue weighted by atomic mass is 9.92. The third kappa shape index (κ3) is 3.71. The molecule has 2 unspecified atom stereocenters. The van der Waals surface area contributed by atoms with E-state index >= 15 is 0 Å². The third-order valence-corrected chi connectivity index (χ3v) is 6.07. The molecule has 132 valence electrons. The molecule has 1 N–H and O–H groups in total. The molecule has 2 rings (SSSR count). The fourth-order valence-corrected chi connectivity index (χ4v) is 4.75. The number of carbonyl (C=O) groups excluding carboxylic acids is 1. The van der Waals surface area contributed by atoms with Crippen LogP contribution in [0, 0.1) is 11.8 Å². The number of carbonyl (C=O) groups is 2. The van der Waals surface area contributed by atoms with Gasteiger partial charge in [-0.15, -0.1) is 0 Å². The molecule has 0 bridgehead atoms. The number of halogens is 1. The summed E-state index contributed by atoms with van der Waals surface area (Å²) in [6, 6.07) is 3.82. The van der Waals surface area contributed by atoms with Crippen LogP contribution < -0.4 is 0 Å². The minimum Gasteiger partial charge on any atom is -0.481 e. The van der Waals surface area contributed by atoms with Crippen molar-refractivity contribution in [1.29, 1.82) is 0 Å². The molecule has 9 heteroatoms. The van der Waals surface area contributed by atoms with Crippen molar-refractivity contribution in [1.82, 2.24) is 4.31 Å². The molecule has 0 amide bonds. The van der Waals surface area contributed by atoms with Crippen LogP contribution >= 0.6 is 11.6 Å². The maximum absolute atomic E-state index is 12.9. The number of carboxylic acid groups (broad SMARTS) is 1. The molecular formula is C15H18ClNO6S. The van der Waals surface area contributed by atoms with Crippen LogP contribution in [-0.2, 0) is 19.6 Å². The van der Waals surface area contributed by atoms with Gasteiger partial charge in [-0.1, -0.05) is 18.5 Å². The van der Waals surface area contributed by atoms with Crippen LogP contribution in [0.3, 0.4) is 0 Å². The van der Waals surface area contributed by atoms with E-state index in [0.29, 0.717) is 6.42 Å². The maximum atomic E-state index is 12.9.